The standard InChI is InChI=1S/C10H8ClN3O/c1-13-9-5-14-3-2-8(9)10(11)7(4-12)6-15/h2-3,5-6,13H,1H3/b10-7+. The molecular formula is C10H8ClN3O. The van der Waals surface area contributed by atoms with Crippen LogP contribution in [0.25, 0.3) is 5.03 Å². The number of pyridine rings is 1. The van der Waals surface area contributed by atoms with Gasteiger partial charge in [0.2, 0.25) is 0 Å². The minimum atomic E-state index is -0.0978. The maximum atomic E-state index is 10.5. The van der Waals surface area contributed by atoms with Crippen molar-refractivity contribution in [3.05, 3.63) is 29.6 Å². The lowest BCUT2D eigenvalue weighted by molar-refractivity contribution is -0.104. The quantitative estimate of drug-likeness (QED) is 0.480. The number of hydrogen-bond donors (Lipinski definition) is 1. The normalized spacial score (nSPS) is 11.3. The molecule has 1 heterocycles. The second-order valence-electron chi connectivity index (χ2n) is 2.63. The van der Waals surface area contributed by atoms with Crippen molar-refractivity contribution in [2.24, 2.45) is 0 Å². The van der Waals surface area contributed by atoms with Crippen LogP contribution in [0.1, 0.15) is 5.56 Å². The van der Waals surface area contributed by atoms with Crippen LogP contribution in [0.3, 0.4) is 0 Å². The summed E-state index contributed by atoms with van der Waals surface area (Å²) in [4.78, 5) is 14.4. The number of anilines is 1. The van der Waals surface area contributed by atoms with Crippen LogP contribution >= 0.6 is 11.6 Å². The lowest BCUT2D eigenvalue weighted by Gasteiger charge is -2.06. The molecule has 15 heavy (non-hydrogen) atoms. The number of aromatic nitrogens is 1. The average molecular weight is 222 g/mol. The van der Waals surface area contributed by atoms with Crippen LogP contribution in [0.2, 0.25) is 0 Å². The number of nitrogens with one attached hydrogen (secondary N) is 1. The fraction of sp³-hybridized carbons (Fsp3) is 0.100. The number of rotatable bonds is 3. The summed E-state index contributed by atoms with van der Waals surface area (Å²) in [7, 11) is 1.71. The smallest absolute Gasteiger partial charge is 0.162 e. The van der Waals surface area contributed by atoms with Crippen LogP contribution in [-0.4, -0.2) is 18.3 Å². The Bertz CT molecular complexity index is 448. The fourth-order valence-electron chi connectivity index (χ4n) is 1.06. The van der Waals surface area contributed by atoms with Crippen molar-refractivity contribution >= 4 is 28.6 Å². The highest BCUT2D eigenvalue weighted by molar-refractivity contribution is 6.51. The molecule has 76 valence electrons. The monoisotopic (exact) mass is 221 g/mol. The van der Waals surface area contributed by atoms with E-state index < -0.39 is 0 Å². The molecule has 1 rings (SSSR count). The summed E-state index contributed by atoms with van der Waals surface area (Å²) in [6, 6.07) is 3.37. The van der Waals surface area contributed by atoms with E-state index in [0.29, 0.717) is 17.5 Å². The first-order valence-electron chi connectivity index (χ1n) is 4.11. The number of hydrogen-bond acceptors (Lipinski definition) is 4. The van der Waals surface area contributed by atoms with Crippen LogP contribution in [0.5, 0.6) is 0 Å². The van der Waals surface area contributed by atoms with Crippen molar-refractivity contribution in [2.75, 3.05) is 12.4 Å². The van der Waals surface area contributed by atoms with Gasteiger partial charge in [-0.15, -0.1) is 0 Å². The van der Waals surface area contributed by atoms with Crippen LogP contribution < -0.4 is 5.32 Å². The minimum Gasteiger partial charge on any atom is -0.386 e. The zero-order chi connectivity index (χ0) is 11.3. The van der Waals surface area contributed by atoms with Gasteiger partial charge in [-0.2, -0.15) is 5.26 Å². The van der Waals surface area contributed by atoms with Crippen LogP contribution in [0.15, 0.2) is 24.0 Å². The molecule has 1 N–H and O–H groups in total. The summed E-state index contributed by atoms with van der Waals surface area (Å²) in [5, 5.41) is 11.7. The van der Waals surface area contributed by atoms with Crippen LogP contribution in [-0.2, 0) is 4.79 Å². The SMILES string of the molecule is CNc1cnccc1/C(Cl)=C(/C#N)C=O. The molecule has 0 spiro atoms. The summed E-state index contributed by atoms with van der Waals surface area (Å²) in [5.41, 5.74) is 1.15. The first kappa shape index (κ1) is 11.2. The molecular weight excluding hydrogens is 214 g/mol. The van der Waals surface area contributed by atoms with Gasteiger partial charge in [-0.05, 0) is 6.07 Å². The van der Waals surface area contributed by atoms with Gasteiger partial charge in [-0.1, -0.05) is 11.6 Å². The van der Waals surface area contributed by atoms with Crippen molar-refractivity contribution in [1.82, 2.24) is 4.98 Å². The summed E-state index contributed by atoms with van der Waals surface area (Å²) < 4.78 is 0. The van der Waals surface area contributed by atoms with Crippen LogP contribution in [0, 0.1) is 11.3 Å². The third kappa shape index (κ3) is 2.33. The van der Waals surface area contributed by atoms with Gasteiger partial charge in [0.15, 0.2) is 6.29 Å². The molecule has 0 radical (unpaired) electrons. The highest BCUT2D eigenvalue weighted by Crippen LogP contribution is 2.27. The molecule has 0 atom stereocenters. The molecule has 0 aliphatic carbocycles. The van der Waals surface area contributed by atoms with Crippen molar-refractivity contribution < 1.29 is 4.79 Å². The first-order valence-corrected chi connectivity index (χ1v) is 4.49. The topological polar surface area (TPSA) is 65.8 Å². The predicted octanol–water partition coefficient (Wildman–Crippen LogP) is 1.80. The first-order chi connectivity index (χ1) is 7.24. The molecule has 0 saturated carbocycles. The molecule has 0 aliphatic rings. The van der Waals surface area contributed by atoms with E-state index in [1.165, 1.54) is 0 Å². The van der Waals surface area contributed by atoms with Gasteiger partial charge in [0.1, 0.15) is 11.6 Å². The van der Waals surface area contributed by atoms with Gasteiger partial charge in [0.05, 0.1) is 16.9 Å². The molecule has 4 nitrogen and oxygen atoms in total. The van der Waals surface area contributed by atoms with E-state index in [-0.39, 0.29) is 10.6 Å². The lowest BCUT2D eigenvalue weighted by atomic mass is 10.1. The van der Waals surface area contributed by atoms with Gasteiger partial charge in [-0.3, -0.25) is 9.78 Å². The van der Waals surface area contributed by atoms with Gasteiger partial charge < -0.3 is 5.32 Å². The highest BCUT2D eigenvalue weighted by atomic mass is 35.5. The molecule has 1 aromatic heterocycles. The Morgan fingerprint density at radius 1 is 1.73 bits per heavy atom. The zero-order valence-electron chi connectivity index (χ0n) is 7.99. The van der Waals surface area contributed by atoms with E-state index in [2.05, 4.69) is 10.3 Å². The van der Waals surface area contributed by atoms with E-state index in [1.54, 1.807) is 31.6 Å². The van der Waals surface area contributed by atoms with Crippen molar-refractivity contribution in [2.45, 2.75) is 0 Å². The Labute approximate surface area is 92.2 Å². The van der Waals surface area contributed by atoms with Gasteiger partial charge in [0, 0.05) is 18.8 Å². The third-order valence-corrected chi connectivity index (χ3v) is 2.21. The Balaban J connectivity index is 3.34. The number of aldehydes is 1. The molecule has 0 aliphatic heterocycles. The Hall–Kier alpha value is -1.86. The lowest BCUT2D eigenvalue weighted by Crippen LogP contribution is -1.95. The second kappa shape index (κ2) is 5.13. The number of nitriles is 1. The number of carbonyl (C=O) groups is 1. The molecule has 0 fully saturated rings. The summed E-state index contributed by atoms with van der Waals surface area (Å²) in [6.07, 6.45) is 3.54. The number of halogens is 1. The van der Waals surface area contributed by atoms with Crippen molar-refractivity contribution in [3.63, 3.8) is 0 Å². The summed E-state index contributed by atoms with van der Waals surface area (Å²) in [5.74, 6) is 0. The second-order valence-corrected chi connectivity index (χ2v) is 3.01. The highest BCUT2D eigenvalue weighted by Gasteiger charge is 2.09. The number of nitrogens with zero attached hydrogens (tertiary/aromatic N) is 2. The van der Waals surface area contributed by atoms with Gasteiger partial charge >= 0.3 is 0 Å². The maximum absolute atomic E-state index is 10.5. The predicted molar refractivity (Wildman–Crippen MR) is 58.2 cm³/mol. The molecule has 0 amide bonds. The molecule has 5 heteroatoms. The maximum Gasteiger partial charge on any atom is 0.162 e. The Kier molecular flexibility index (Phi) is 3.83. The van der Waals surface area contributed by atoms with E-state index >= 15 is 0 Å². The minimum absolute atomic E-state index is 0.0978. The van der Waals surface area contributed by atoms with E-state index in [1.807, 2.05) is 0 Å². The summed E-state index contributed by atoms with van der Waals surface area (Å²) in [6.45, 7) is 0. The van der Waals surface area contributed by atoms with Crippen molar-refractivity contribution in [1.29, 1.82) is 5.26 Å². The van der Waals surface area contributed by atoms with Gasteiger partial charge in [-0.25, -0.2) is 0 Å². The van der Waals surface area contributed by atoms with Crippen LogP contribution in [0.4, 0.5) is 5.69 Å². The summed E-state index contributed by atoms with van der Waals surface area (Å²) >= 11 is 5.91. The fourth-order valence-corrected chi connectivity index (χ4v) is 1.31. The number of allylic oxidation sites excluding steroid dienone is 1. The number of carbonyl (C=O) groups excluding carboxylic acids is 1. The molecule has 0 saturated heterocycles. The molecule has 1 aromatic rings. The Morgan fingerprint density at radius 2 is 2.47 bits per heavy atom. The zero-order valence-corrected chi connectivity index (χ0v) is 8.75. The third-order valence-electron chi connectivity index (χ3n) is 1.80. The van der Waals surface area contributed by atoms with E-state index in [9.17, 15) is 4.79 Å². The largest absolute Gasteiger partial charge is 0.386 e. The molecule has 0 unspecified atom stereocenters. The Morgan fingerprint density at radius 3 is 3.00 bits per heavy atom. The average Bonchev–Trinajstić information content (AvgIpc) is 2.30. The van der Waals surface area contributed by atoms with Gasteiger partial charge in [0.25, 0.3) is 0 Å². The van der Waals surface area contributed by atoms with E-state index in [4.69, 9.17) is 16.9 Å². The molecule has 0 bridgehead atoms. The van der Waals surface area contributed by atoms with E-state index in [0.717, 1.165) is 0 Å². The molecule has 0 aromatic carbocycles. The van der Waals surface area contributed by atoms with Crippen molar-refractivity contribution in [3.8, 4) is 6.07 Å².